The minimum atomic E-state index is -0.278. The van der Waals surface area contributed by atoms with Crippen molar-refractivity contribution in [3.63, 3.8) is 0 Å². The summed E-state index contributed by atoms with van der Waals surface area (Å²) in [6.07, 6.45) is 8.01. The second-order valence-electron chi connectivity index (χ2n) is 7.19. The molecule has 0 aromatic carbocycles. The number of hydrogen-bond acceptors (Lipinski definition) is 5. The molecule has 0 radical (unpaired) electrons. The summed E-state index contributed by atoms with van der Waals surface area (Å²) in [6.45, 7) is 4.25. The van der Waals surface area contributed by atoms with Crippen LogP contribution in [0.25, 0.3) is 0 Å². The largest absolute Gasteiger partial charge is 0.369 e. The minimum absolute atomic E-state index is 0.0401. The van der Waals surface area contributed by atoms with E-state index in [4.69, 9.17) is 0 Å². The van der Waals surface area contributed by atoms with Crippen molar-refractivity contribution in [3.8, 4) is 0 Å². The van der Waals surface area contributed by atoms with Crippen molar-refractivity contribution in [2.45, 2.75) is 32.1 Å². The lowest BCUT2D eigenvalue weighted by atomic mass is 9.93. The molecule has 2 aromatic rings. The van der Waals surface area contributed by atoms with Crippen LogP contribution in [0.15, 0.2) is 24.5 Å². The number of pyridine rings is 1. The number of aryl methyl sites for hydroxylation is 1. The Labute approximate surface area is 158 Å². The van der Waals surface area contributed by atoms with Crippen LogP contribution in [0.2, 0.25) is 0 Å². The van der Waals surface area contributed by atoms with Gasteiger partial charge in [-0.3, -0.25) is 9.59 Å². The molecule has 0 unspecified atom stereocenters. The first-order valence-electron chi connectivity index (χ1n) is 9.68. The summed E-state index contributed by atoms with van der Waals surface area (Å²) in [5, 5.41) is 6.14. The van der Waals surface area contributed by atoms with Crippen LogP contribution < -0.4 is 10.6 Å². The number of anilines is 2. The van der Waals surface area contributed by atoms with Crippen LogP contribution in [-0.2, 0) is 6.42 Å². The molecule has 1 amide bonds. The molecule has 142 valence electrons. The number of carbonyl (C=O) groups is 2. The lowest BCUT2D eigenvalue weighted by molar-refractivity contribution is 0.0956. The smallest absolute Gasteiger partial charge is 0.257 e. The molecular formula is C20H25N5O2. The van der Waals surface area contributed by atoms with E-state index in [2.05, 4.69) is 25.5 Å². The highest BCUT2D eigenvalue weighted by Crippen LogP contribution is 2.24. The highest BCUT2D eigenvalue weighted by Gasteiger charge is 2.25. The molecule has 0 spiro atoms. The van der Waals surface area contributed by atoms with Crippen molar-refractivity contribution in [2.75, 3.05) is 36.8 Å². The number of Topliss-reactive ketones (excluding diaryl/α,β-unsaturated/α-hetero) is 1. The van der Waals surface area contributed by atoms with Crippen molar-refractivity contribution in [1.29, 1.82) is 0 Å². The molecule has 1 aliphatic carbocycles. The van der Waals surface area contributed by atoms with Crippen LogP contribution in [0.4, 0.5) is 11.5 Å². The Balaban J connectivity index is 1.33. The van der Waals surface area contributed by atoms with E-state index in [1.165, 1.54) is 25.9 Å². The SMILES string of the molecule is O=C(Nc1ccc(NCCN2CCCC2)nc1)c1c[nH]c2c1C(=O)CCC2. The van der Waals surface area contributed by atoms with Crippen molar-refractivity contribution in [3.05, 3.63) is 41.3 Å². The average molecular weight is 367 g/mol. The quantitative estimate of drug-likeness (QED) is 0.730. The van der Waals surface area contributed by atoms with Crippen LogP contribution in [0, 0.1) is 0 Å². The highest BCUT2D eigenvalue weighted by molar-refractivity contribution is 6.13. The van der Waals surface area contributed by atoms with Crippen LogP contribution in [0.1, 0.15) is 52.1 Å². The van der Waals surface area contributed by atoms with Gasteiger partial charge in [0.2, 0.25) is 0 Å². The summed E-state index contributed by atoms with van der Waals surface area (Å²) < 4.78 is 0. The van der Waals surface area contributed by atoms with E-state index < -0.39 is 0 Å². The van der Waals surface area contributed by atoms with Crippen molar-refractivity contribution < 1.29 is 9.59 Å². The molecule has 1 fully saturated rings. The number of aromatic nitrogens is 2. The van der Waals surface area contributed by atoms with E-state index in [-0.39, 0.29) is 11.7 Å². The topological polar surface area (TPSA) is 90.1 Å². The minimum Gasteiger partial charge on any atom is -0.369 e. The van der Waals surface area contributed by atoms with Crippen LogP contribution >= 0.6 is 0 Å². The van der Waals surface area contributed by atoms with Gasteiger partial charge in [0.25, 0.3) is 5.91 Å². The summed E-state index contributed by atoms with van der Waals surface area (Å²) in [4.78, 5) is 34.6. The summed E-state index contributed by atoms with van der Waals surface area (Å²) in [5.74, 6) is 0.555. The van der Waals surface area contributed by atoms with E-state index in [9.17, 15) is 9.59 Å². The van der Waals surface area contributed by atoms with E-state index in [0.717, 1.165) is 37.4 Å². The predicted octanol–water partition coefficient (Wildman–Crippen LogP) is 2.69. The Bertz CT molecular complexity index is 821. The molecule has 0 bridgehead atoms. The average Bonchev–Trinajstić information content (AvgIpc) is 3.33. The Morgan fingerprint density at radius 1 is 1.19 bits per heavy atom. The number of ketones is 1. The van der Waals surface area contributed by atoms with Crippen molar-refractivity contribution >= 4 is 23.2 Å². The summed E-state index contributed by atoms with van der Waals surface area (Å²) in [5.41, 5.74) is 2.45. The molecular weight excluding hydrogens is 342 g/mol. The van der Waals surface area contributed by atoms with Gasteiger partial charge in [-0.25, -0.2) is 4.98 Å². The second kappa shape index (κ2) is 7.92. The zero-order chi connectivity index (χ0) is 18.6. The number of fused-ring (bicyclic) bond motifs is 1. The van der Waals surface area contributed by atoms with Gasteiger partial charge >= 0.3 is 0 Å². The maximum absolute atomic E-state index is 12.6. The molecule has 4 rings (SSSR count). The summed E-state index contributed by atoms with van der Waals surface area (Å²) in [7, 11) is 0. The number of likely N-dealkylation sites (tertiary alicyclic amines) is 1. The maximum atomic E-state index is 12.6. The number of carbonyl (C=O) groups excluding carboxylic acids is 2. The predicted molar refractivity (Wildman–Crippen MR) is 104 cm³/mol. The Hall–Kier alpha value is -2.67. The van der Waals surface area contributed by atoms with Crippen LogP contribution in [0.5, 0.6) is 0 Å². The van der Waals surface area contributed by atoms with Crippen molar-refractivity contribution in [1.82, 2.24) is 14.9 Å². The van der Waals surface area contributed by atoms with Gasteiger partial charge < -0.3 is 20.5 Å². The van der Waals surface area contributed by atoms with Gasteiger partial charge in [0, 0.05) is 31.4 Å². The van der Waals surface area contributed by atoms with Gasteiger partial charge in [0.1, 0.15) is 5.82 Å². The van der Waals surface area contributed by atoms with Gasteiger partial charge in [-0.1, -0.05) is 0 Å². The van der Waals surface area contributed by atoms with E-state index in [1.54, 1.807) is 12.4 Å². The fourth-order valence-electron chi connectivity index (χ4n) is 3.83. The van der Waals surface area contributed by atoms with Crippen LogP contribution in [-0.4, -0.2) is 52.7 Å². The molecule has 7 nitrogen and oxygen atoms in total. The third-order valence-electron chi connectivity index (χ3n) is 5.27. The number of hydrogen-bond donors (Lipinski definition) is 3. The standard InChI is InChI=1S/C20H25N5O2/c26-17-5-3-4-16-19(17)15(13-22-16)20(27)24-14-6-7-18(23-12-14)21-8-11-25-9-1-2-10-25/h6-7,12-13,22H,1-5,8-11H2,(H,21,23)(H,24,27). The Morgan fingerprint density at radius 3 is 2.81 bits per heavy atom. The zero-order valence-corrected chi connectivity index (χ0v) is 15.4. The van der Waals surface area contributed by atoms with Crippen molar-refractivity contribution in [2.24, 2.45) is 0 Å². The summed E-state index contributed by atoms with van der Waals surface area (Å²) in [6, 6.07) is 3.68. The van der Waals surface area contributed by atoms with E-state index in [1.807, 2.05) is 12.1 Å². The van der Waals surface area contributed by atoms with Gasteiger partial charge in [-0.05, 0) is 50.9 Å². The molecule has 1 aliphatic heterocycles. The molecule has 0 atom stereocenters. The third kappa shape index (κ3) is 4.03. The number of H-pyrrole nitrogens is 1. The normalized spacial score (nSPS) is 17.0. The lowest BCUT2D eigenvalue weighted by Crippen LogP contribution is -2.26. The maximum Gasteiger partial charge on any atom is 0.257 e. The monoisotopic (exact) mass is 367 g/mol. The second-order valence-corrected chi connectivity index (χ2v) is 7.19. The molecule has 2 aliphatic rings. The molecule has 7 heteroatoms. The molecule has 0 saturated carbocycles. The van der Waals surface area contributed by atoms with Gasteiger partial charge in [-0.2, -0.15) is 0 Å². The number of aromatic amines is 1. The Morgan fingerprint density at radius 2 is 2.04 bits per heavy atom. The Kier molecular flexibility index (Phi) is 5.20. The highest BCUT2D eigenvalue weighted by atomic mass is 16.2. The van der Waals surface area contributed by atoms with Crippen LogP contribution in [0.3, 0.4) is 0 Å². The van der Waals surface area contributed by atoms with E-state index >= 15 is 0 Å². The lowest BCUT2D eigenvalue weighted by Gasteiger charge is -2.15. The molecule has 3 N–H and O–H groups in total. The zero-order valence-electron chi connectivity index (χ0n) is 15.4. The van der Waals surface area contributed by atoms with E-state index in [0.29, 0.717) is 23.2 Å². The number of amides is 1. The summed E-state index contributed by atoms with van der Waals surface area (Å²) >= 11 is 0. The first kappa shape index (κ1) is 17.7. The molecule has 27 heavy (non-hydrogen) atoms. The first-order chi connectivity index (χ1) is 13.2. The fraction of sp³-hybridized carbons (Fsp3) is 0.450. The van der Waals surface area contributed by atoms with Gasteiger partial charge in [0.15, 0.2) is 5.78 Å². The first-order valence-corrected chi connectivity index (χ1v) is 9.68. The fourth-order valence-corrected chi connectivity index (χ4v) is 3.83. The van der Waals surface area contributed by atoms with Gasteiger partial charge in [-0.15, -0.1) is 0 Å². The third-order valence-corrected chi connectivity index (χ3v) is 5.27. The molecule has 3 heterocycles. The number of nitrogens with zero attached hydrogens (tertiary/aromatic N) is 2. The molecule has 1 saturated heterocycles. The number of nitrogens with one attached hydrogen (secondary N) is 3. The van der Waals surface area contributed by atoms with Gasteiger partial charge in [0.05, 0.1) is 23.0 Å². The molecule has 2 aromatic heterocycles. The number of rotatable bonds is 6.